The van der Waals surface area contributed by atoms with Gasteiger partial charge < -0.3 is 24.8 Å². The molecule has 2 fully saturated rings. The minimum atomic E-state index is 0.770. The van der Waals surface area contributed by atoms with Crippen molar-refractivity contribution in [1.29, 1.82) is 0 Å². The molecule has 3 aliphatic heterocycles. The summed E-state index contributed by atoms with van der Waals surface area (Å²) in [5.41, 5.74) is 2.53. The third kappa shape index (κ3) is 3.13. The first-order chi connectivity index (χ1) is 11.3. The summed E-state index contributed by atoms with van der Waals surface area (Å²) >= 11 is 0. The Morgan fingerprint density at radius 2 is 1.74 bits per heavy atom. The monoisotopic (exact) mass is 318 g/mol. The Morgan fingerprint density at radius 3 is 2.52 bits per heavy atom. The van der Waals surface area contributed by atoms with Crippen molar-refractivity contribution in [2.75, 3.05) is 75.9 Å². The van der Waals surface area contributed by atoms with Gasteiger partial charge in [-0.25, -0.2) is 4.98 Å². The molecular weight excluding hydrogens is 292 g/mol. The largest absolute Gasteiger partial charge is 0.378 e. The van der Waals surface area contributed by atoms with E-state index in [2.05, 4.69) is 27.1 Å². The summed E-state index contributed by atoms with van der Waals surface area (Å²) in [5.74, 6) is 2.04. The highest BCUT2D eigenvalue weighted by atomic mass is 16.5. The number of nitrogens with zero attached hydrogens (tertiary/aromatic N) is 5. The predicted octanol–water partition coefficient (Wildman–Crippen LogP) is -0.289. The molecule has 1 aromatic rings. The van der Waals surface area contributed by atoms with Gasteiger partial charge >= 0.3 is 0 Å². The lowest BCUT2D eigenvalue weighted by Gasteiger charge is -2.36. The molecule has 0 amide bonds. The smallest absolute Gasteiger partial charge is 0.227 e. The maximum absolute atomic E-state index is 5.47. The van der Waals surface area contributed by atoms with E-state index >= 15 is 0 Å². The van der Waals surface area contributed by atoms with Crippen LogP contribution in [0.2, 0.25) is 0 Å². The number of anilines is 2. The van der Waals surface area contributed by atoms with Crippen molar-refractivity contribution >= 4 is 11.8 Å². The highest BCUT2D eigenvalue weighted by Crippen LogP contribution is 2.27. The van der Waals surface area contributed by atoms with Gasteiger partial charge in [0.2, 0.25) is 5.95 Å². The van der Waals surface area contributed by atoms with Gasteiger partial charge in [-0.05, 0) is 7.05 Å². The molecule has 0 aliphatic carbocycles. The van der Waals surface area contributed by atoms with E-state index in [9.17, 15) is 0 Å². The molecule has 7 heteroatoms. The molecular formula is C16H26N6O. The van der Waals surface area contributed by atoms with Crippen LogP contribution in [0.4, 0.5) is 11.8 Å². The summed E-state index contributed by atoms with van der Waals surface area (Å²) in [5, 5.41) is 3.48. The Labute approximate surface area is 137 Å². The fraction of sp³-hybridized carbons (Fsp3) is 0.750. The first-order valence-electron chi connectivity index (χ1n) is 8.68. The highest BCUT2D eigenvalue weighted by molar-refractivity contribution is 5.54. The molecule has 0 unspecified atom stereocenters. The second-order valence-corrected chi connectivity index (χ2v) is 6.59. The number of hydrogen-bond acceptors (Lipinski definition) is 7. The minimum absolute atomic E-state index is 0.770. The topological polar surface area (TPSA) is 56.8 Å². The molecule has 23 heavy (non-hydrogen) atoms. The molecule has 0 radical (unpaired) electrons. The SMILES string of the molecule is CN1CCN(c2nc(N3CCOCC3)nc3c2CNCC3)CC1. The van der Waals surface area contributed by atoms with Crippen LogP contribution >= 0.6 is 0 Å². The van der Waals surface area contributed by atoms with Gasteiger partial charge in [0.25, 0.3) is 0 Å². The maximum Gasteiger partial charge on any atom is 0.227 e. The third-order valence-electron chi connectivity index (χ3n) is 5.00. The summed E-state index contributed by atoms with van der Waals surface area (Å²) in [7, 11) is 2.19. The van der Waals surface area contributed by atoms with E-state index in [1.54, 1.807) is 0 Å². The van der Waals surface area contributed by atoms with Crippen LogP contribution in [0.1, 0.15) is 11.3 Å². The van der Waals surface area contributed by atoms with Crippen LogP contribution in [0, 0.1) is 0 Å². The maximum atomic E-state index is 5.47. The average Bonchev–Trinajstić information content (AvgIpc) is 2.62. The van der Waals surface area contributed by atoms with Crippen LogP contribution in [-0.2, 0) is 17.7 Å². The second-order valence-electron chi connectivity index (χ2n) is 6.59. The van der Waals surface area contributed by atoms with Crippen LogP contribution in [0.15, 0.2) is 0 Å². The standard InChI is InChI=1S/C16H26N6O/c1-20-4-6-21(7-5-20)15-13-12-17-3-2-14(13)18-16(19-15)22-8-10-23-11-9-22/h17H,2-12H2,1H3. The zero-order chi connectivity index (χ0) is 15.6. The van der Waals surface area contributed by atoms with E-state index in [-0.39, 0.29) is 0 Å². The zero-order valence-corrected chi connectivity index (χ0v) is 13.9. The van der Waals surface area contributed by atoms with E-state index in [1.807, 2.05) is 0 Å². The molecule has 4 heterocycles. The summed E-state index contributed by atoms with van der Waals surface area (Å²) in [6, 6.07) is 0. The molecule has 1 aromatic heterocycles. The van der Waals surface area contributed by atoms with Gasteiger partial charge in [-0.1, -0.05) is 0 Å². The molecule has 0 bridgehead atoms. The van der Waals surface area contributed by atoms with Crippen molar-refractivity contribution < 1.29 is 4.74 Å². The van der Waals surface area contributed by atoms with E-state index in [4.69, 9.17) is 14.7 Å². The van der Waals surface area contributed by atoms with Crippen LogP contribution in [0.3, 0.4) is 0 Å². The molecule has 2 saturated heterocycles. The quantitative estimate of drug-likeness (QED) is 0.804. The first kappa shape index (κ1) is 15.1. The minimum Gasteiger partial charge on any atom is -0.378 e. The van der Waals surface area contributed by atoms with E-state index in [0.29, 0.717) is 0 Å². The van der Waals surface area contributed by atoms with E-state index < -0.39 is 0 Å². The van der Waals surface area contributed by atoms with Crippen molar-refractivity contribution in [1.82, 2.24) is 20.2 Å². The van der Waals surface area contributed by atoms with Gasteiger partial charge in [0.15, 0.2) is 0 Å². The fourth-order valence-corrected chi connectivity index (χ4v) is 3.50. The summed E-state index contributed by atoms with van der Waals surface area (Å²) in [4.78, 5) is 17.0. The molecule has 3 aliphatic rings. The Balaban J connectivity index is 1.67. The van der Waals surface area contributed by atoms with Crippen molar-refractivity contribution in [2.24, 2.45) is 0 Å². The lowest BCUT2D eigenvalue weighted by atomic mass is 10.1. The summed E-state index contributed by atoms with van der Waals surface area (Å²) in [6.07, 6.45) is 0.996. The Hall–Kier alpha value is -1.44. The lowest BCUT2D eigenvalue weighted by Crippen LogP contribution is -2.46. The molecule has 1 N–H and O–H groups in total. The van der Waals surface area contributed by atoms with Gasteiger partial charge in [-0.15, -0.1) is 0 Å². The van der Waals surface area contributed by atoms with Crippen molar-refractivity contribution in [2.45, 2.75) is 13.0 Å². The van der Waals surface area contributed by atoms with Crippen molar-refractivity contribution in [3.8, 4) is 0 Å². The number of morpholine rings is 1. The molecule has 0 saturated carbocycles. The first-order valence-corrected chi connectivity index (χ1v) is 8.68. The number of hydrogen-bond donors (Lipinski definition) is 1. The molecule has 126 valence electrons. The Morgan fingerprint density at radius 1 is 0.957 bits per heavy atom. The van der Waals surface area contributed by atoms with E-state index in [0.717, 1.165) is 83.8 Å². The molecule has 0 atom stereocenters. The summed E-state index contributed by atoms with van der Waals surface area (Å²) < 4.78 is 5.47. The van der Waals surface area contributed by atoms with Crippen molar-refractivity contribution in [3.05, 3.63) is 11.3 Å². The van der Waals surface area contributed by atoms with Crippen LogP contribution in [-0.4, -0.2) is 80.9 Å². The highest BCUT2D eigenvalue weighted by Gasteiger charge is 2.25. The normalized spacial score (nSPS) is 23.0. The Kier molecular flexibility index (Phi) is 4.33. The van der Waals surface area contributed by atoms with Gasteiger partial charge in [0, 0.05) is 64.3 Å². The lowest BCUT2D eigenvalue weighted by molar-refractivity contribution is 0.122. The molecule has 7 nitrogen and oxygen atoms in total. The average molecular weight is 318 g/mol. The zero-order valence-electron chi connectivity index (χ0n) is 13.9. The number of fused-ring (bicyclic) bond motifs is 1. The number of nitrogens with one attached hydrogen (secondary N) is 1. The third-order valence-corrected chi connectivity index (χ3v) is 5.00. The van der Waals surface area contributed by atoms with Crippen molar-refractivity contribution in [3.63, 3.8) is 0 Å². The number of ether oxygens (including phenoxy) is 1. The number of aromatic nitrogens is 2. The predicted molar refractivity (Wildman–Crippen MR) is 90.2 cm³/mol. The molecule has 4 rings (SSSR count). The van der Waals surface area contributed by atoms with Gasteiger partial charge in [-0.2, -0.15) is 4.98 Å². The van der Waals surface area contributed by atoms with Gasteiger partial charge in [-0.3, -0.25) is 0 Å². The number of likely N-dealkylation sites (N-methyl/N-ethyl adjacent to an activating group) is 1. The fourth-order valence-electron chi connectivity index (χ4n) is 3.50. The molecule has 0 spiro atoms. The Bertz CT molecular complexity index is 552. The molecule has 0 aromatic carbocycles. The van der Waals surface area contributed by atoms with Gasteiger partial charge in [0.05, 0.1) is 18.9 Å². The van der Waals surface area contributed by atoms with E-state index in [1.165, 1.54) is 11.3 Å². The number of rotatable bonds is 2. The van der Waals surface area contributed by atoms with Crippen LogP contribution < -0.4 is 15.1 Å². The van der Waals surface area contributed by atoms with Crippen LogP contribution in [0.5, 0.6) is 0 Å². The van der Waals surface area contributed by atoms with Gasteiger partial charge in [0.1, 0.15) is 5.82 Å². The van der Waals surface area contributed by atoms with Crippen LogP contribution in [0.25, 0.3) is 0 Å². The number of piperazine rings is 1. The summed E-state index contributed by atoms with van der Waals surface area (Å²) in [6.45, 7) is 9.49. The second kappa shape index (κ2) is 6.59.